The van der Waals surface area contributed by atoms with Gasteiger partial charge in [0.05, 0.1) is 25.8 Å². The van der Waals surface area contributed by atoms with Crippen molar-refractivity contribution < 1.29 is 9.47 Å². The molecule has 0 amide bonds. The van der Waals surface area contributed by atoms with Gasteiger partial charge in [-0.1, -0.05) is 6.07 Å². The Morgan fingerprint density at radius 2 is 1.89 bits per heavy atom. The number of rotatable bonds is 5. The second kappa shape index (κ2) is 6.38. The average Bonchev–Trinajstić information content (AvgIpc) is 2.47. The van der Waals surface area contributed by atoms with Crippen molar-refractivity contribution in [3.8, 4) is 11.5 Å². The minimum Gasteiger partial charge on any atom is -0.493 e. The number of hydrogen-bond acceptors (Lipinski definition) is 4. The third-order valence-corrected chi connectivity index (χ3v) is 2.98. The van der Waals surface area contributed by atoms with Gasteiger partial charge in [-0.3, -0.25) is 0 Å². The van der Waals surface area contributed by atoms with Crippen LogP contribution in [0.15, 0.2) is 30.5 Å². The van der Waals surface area contributed by atoms with Gasteiger partial charge in [0.2, 0.25) is 0 Å². The van der Waals surface area contributed by atoms with E-state index in [0.717, 1.165) is 17.1 Å². The third kappa shape index (κ3) is 3.35. The molecule has 0 aliphatic rings. The van der Waals surface area contributed by atoms with Gasteiger partial charge < -0.3 is 9.47 Å². The summed E-state index contributed by atoms with van der Waals surface area (Å²) in [5.74, 6) is 2.54. The van der Waals surface area contributed by atoms with Crippen molar-refractivity contribution in [2.75, 3.05) is 14.2 Å². The topological polar surface area (TPSA) is 44.2 Å². The molecule has 2 rings (SSSR count). The van der Waals surface area contributed by atoms with E-state index in [-0.39, 0.29) is 0 Å². The molecule has 5 heteroatoms. The summed E-state index contributed by atoms with van der Waals surface area (Å²) in [6.45, 7) is 0. The lowest BCUT2D eigenvalue weighted by atomic mass is 10.1. The number of hydrogen-bond donors (Lipinski definition) is 0. The molecule has 0 unspecified atom stereocenters. The van der Waals surface area contributed by atoms with Crippen molar-refractivity contribution in [1.29, 1.82) is 0 Å². The molecular formula is C14H15ClN2O2. The summed E-state index contributed by atoms with van der Waals surface area (Å²) < 4.78 is 10.5. The molecule has 0 aliphatic heterocycles. The number of nitrogens with zero attached hydrogens (tertiary/aromatic N) is 2. The minimum atomic E-state index is 0.390. The zero-order valence-corrected chi connectivity index (χ0v) is 11.6. The summed E-state index contributed by atoms with van der Waals surface area (Å²) in [6, 6.07) is 7.58. The van der Waals surface area contributed by atoms with Gasteiger partial charge in [0.15, 0.2) is 11.5 Å². The van der Waals surface area contributed by atoms with E-state index in [0.29, 0.717) is 23.8 Å². The van der Waals surface area contributed by atoms with E-state index in [2.05, 4.69) is 9.97 Å². The van der Waals surface area contributed by atoms with Gasteiger partial charge in [-0.25, -0.2) is 9.97 Å². The number of halogens is 1. The number of benzene rings is 1. The second-order valence-corrected chi connectivity index (χ2v) is 4.23. The molecule has 19 heavy (non-hydrogen) atoms. The maximum atomic E-state index is 5.76. The second-order valence-electron chi connectivity index (χ2n) is 3.96. The van der Waals surface area contributed by atoms with Gasteiger partial charge in [-0.15, -0.1) is 11.6 Å². The fraction of sp³-hybridized carbons (Fsp3) is 0.286. The Bertz CT molecular complexity index is 561. The molecule has 0 spiro atoms. The maximum Gasteiger partial charge on any atom is 0.161 e. The molecule has 0 fully saturated rings. The fourth-order valence-corrected chi connectivity index (χ4v) is 1.92. The Morgan fingerprint density at radius 1 is 1.11 bits per heavy atom. The molecule has 1 aromatic heterocycles. The normalized spacial score (nSPS) is 10.3. The van der Waals surface area contributed by atoms with Gasteiger partial charge in [0.25, 0.3) is 0 Å². The first-order valence-electron chi connectivity index (χ1n) is 5.84. The molecule has 0 bridgehead atoms. The summed E-state index contributed by atoms with van der Waals surface area (Å²) >= 11 is 5.76. The molecule has 0 saturated heterocycles. The Hall–Kier alpha value is -1.81. The van der Waals surface area contributed by atoms with Crippen molar-refractivity contribution in [3.63, 3.8) is 0 Å². The molecule has 0 saturated carbocycles. The predicted molar refractivity (Wildman–Crippen MR) is 73.9 cm³/mol. The summed E-state index contributed by atoms with van der Waals surface area (Å²) in [4.78, 5) is 8.61. The Balaban J connectivity index is 2.22. The van der Waals surface area contributed by atoms with Crippen LogP contribution < -0.4 is 9.47 Å². The number of alkyl halides is 1. The number of aromatic nitrogens is 2. The first-order chi connectivity index (χ1) is 9.26. The zero-order chi connectivity index (χ0) is 13.7. The quantitative estimate of drug-likeness (QED) is 0.789. The van der Waals surface area contributed by atoms with E-state index in [1.165, 1.54) is 0 Å². The van der Waals surface area contributed by atoms with Crippen LogP contribution in [0.1, 0.15) is 17.1 Å². The summed E-state index contributed by atoms with van der Waals surface area (Å²) in [5, 5.41) is 0. The van der Waals surface area contributed by atoms with Crippen LogP contribution in [0.2, 0.25) is 0 Å². The lowest BCUT2D eigenvalue weighted by molar-refractivity contribution is 0.354. The van der Waals surface area contributed by atoms with E-state index in [1.54, 1.807) is 20.4 Å². The van der Waals surface area contributed by atoms with Crippen molar-refractivity contribution >= 4 is 11.6 Å². The lowest BCUT2D eigenvalue weighted by Crippen LogP contribution is -1.99. The number of ether oxygens (including phenoxy) is 2. The first kappa shape index (κ1) is 13.6. The maximum absolute atomic E-state index is 5.76. The van der Waals surface area contributed by atoms with Crippen LogP contribution in [0.25, 0.3) is 0 Å². The van der Waals surface area contributed by atoms with Gasteiger partial charge in [-0.2, -0.15) is 0 Å². The van der Waals surface area contributed by atoms with Gasteiger partial charge in [0, 0.05) is 12.6 Å². The Labute approximate surface area is 117 Å². The minimum absolute atomic E-state index is 0.390. The predicted octanol–water partition coefficient (Wildman–Crippen LogP) is 2.82. The molecule has 0 N–H and O–H groups in total. The summed E-state index contributed by atoms with van der Waals surface area (Å²) in [6.07, 6.45) is 2.35. The average molecular weight is 279 g/mol. The third-order valence-electron chi connectivity index (χ3n) is 2.71. The zero-order valence-electron chi connectivity index (χ0n) is 10.9. The molecule has 0 atom stereocenters. The SMILES string of the molecule is COc1ccc(Cc2nccc(CCl)n2)cc1OC. The van der Waals surface area contributed by atoms with Crippen LogP contribution >= 0.6 is 11.6 Å². The standard InChI is InChI=1S/C14H15ClN2O2/c1-18-12-4-3-10(7-13(12)19-2)8-14-16-6-5-11(9-15)17-14/h3-7H,8-9H2,1-2H3. The fourth-order valence-electron chi connectivity index (χ4n) is 1.77. The molecule has 0 radical (unpaired) electrons. The van der Waals surface area contributed by atoms with Gasteiger partial charge >= 0.3 is 0 Å². The van der Waals surface area contributed by atoms with E-state index >= 15 is 0 Å². The van der Waals surface area contributed by atoms with Crippen molar-refractivity contribution in [1.82, 2.24) is 9.97 Å². The van der Waals surface area contributed by atoms with E-state index in [4.69, 9.17) is 21.1 Å². The smallest absolute Gasteiger partial charge is 0.161 e. The largest absolute Gasteiger partial charge is 0.493 e. The molecule has 0 aliphatic carbocycles. The van der Waals surface area contributed by atoms with Crippen LogP contribution in [-0.2, 0) is 12.3 Å². The summed E-state index contributed by atoms with van der Waals surface area (Å²) in [5.41, 5.74) is 1.89. The van der Waals surface area contributed by atoms with E-state index < -0.39 is 0 Å². The van der Waals surface area contributed by atoms with E-state index in [9.17, 15) is 0 Å². The molecule has 100 valence electrons. The molecule has 2 aromatic rings. The van der Waals surface area contributed by atoms with Crippen molar-refractivity contribution in [2.24, 2.45) is 0 Å². The Kier molecular flexibility index (Phi) is 4.58. The lowest BCUT2D eigenvalue weighted by Gasteiger charge is -2.09. The van der Waals surface area contributed by atoms with Gasteiger partial charge in [-0.05, 0) is 23.8 Å². The monoisotopic (exact) mass is 278 g/mol. The molecular weight excluding hydrogens is 264 g/mol. The van der Waals surface area contributed by atoms with Crippen molar-refractivity contribution in [2.45, 2.75) is 12.3 Å². The number of methoxy groups -OCH3 is 2. The van der Waals surface area contributed by atoms with Crippen LogP contribution in [0, 0.1) is 0 Å². The van der Waals surface area contributed by atoms with Crippen LogP contribution in [0.3, 0.4) is 0 Å². The molecule has 1 aromatic carbocycles. The van der Waals surface area contributed by atoms with Crippen molar-refractivity contribution in [3.05, 3.63) is 47.5 Å². The summed E-state index contributed by atoms with van der Waals surface area (Å²) in [7, 11) is 3.23. The first-order valence-corrected chi connectivity index (χ1v) is 6.38. The Morgan fingerprint density at radius 3 is 2.58 bits per heavy atom. The molecule has 4 nitrogen and oxygen atoms in total. The van der Waals surface area contributed by atoms with E-state index in [1.807, 2.05) is 24.3 Å². The highest BCUT2D eigenvalue weighted by atomic mass is 35.5. The van der Waals surface area contributed by atoms with Crippen LogP contribution in [0.5, 0.6) is 11.5 Å². The highest BCUT2D eigenvalue weighted by Crippen LogP contribution is 2.28. The molecule has 1 heterocycles. The van der Waals surface area contributed by atoms with Crippen LogP contribution in [-0.4, -0.2) is 24.2 Å². The highest BCUT2D eigenvalue weighted by Gasteiger charge is 2.06. The highest BCUT2D eigenvalue weighted by molar-refractivity contribution is 6.16. The van der Waals surface area contributed by atoms with Crippen LogP contribution in [0.4, 0.5) is 0 Å². The van der Waals surface area contributed by atoms with Gasteiger partial charge in [0.1, 0.15) is 5.82 Å².